The minimum absolute atomic E-state index is 0.351. The molecule has 2 aliphatic heterocycles. The highest BCUT2D eigenvalue weighted by Gasteiger charge is 2.78. The van der Waals surface area contributed by atoms with Gasteiger partial charge in [0.1, 0.15) is 6.10 Å². The van der Waals surface area contributed by atoms with Crippen molar-refractivity contribution in [2.45, 2.75) is 52.4 Å². The molecule has 2 fully saturated rings. The molecule has 0 saturated carbocycles. The fraction of sp³-hybridized carbons (Fsp3) is 0.565. The van der Waals surface area contributed by atoms with Gasteiger partial charge in [0, 0.05) is 25.7 Å². The molecule has 30 heavy (non-hydrogen) atoms. The summed E-state index contributed by atoms with van der Waals surface area (Å²) in [5.41, 5.74) is -1.95. The molecule has 0 radical (unpaired) electrons. The first-order valence-electron chi connectivity index (χ1n) is 10.4. The van der Waals surface area contributed by atoms with Gasteiger partial charge in [-0.25, -0.2) is 0 Å². The van der Waals surface area contributed by atoms with Crippen molar-refractivity contribution in [2.75, 3.05) is 18.0 Å². The summed E-state index contributed by atoms with van der Waals surface area (Å²) in [6.07, 6.45) is 0.198. The number of nitrogens with one attached hydrogen (secondary N) is 1. The Labute approximate surface area is 177 Å². The molecule has 1 aromatic rings. The number of benzene rings is 1. The Kier molecular flexibility index (Phi) is 5.50. The van der Waals surface area contributed by atoms with Crippen LogP contribution in [0.1, 0.15) is 52.2 Å². The van der Waals surface area contributed by atoms with Crippen molar-refractivity contribution in [3.8, 4) is 18.2 Å². The van der Waals surface area contributed by atoms with Crippen molar-refractivity contribution in [1.82, 2.24) is 0 Å². The first-order valence-corrected chi connectivity index (χ1v) is 10.4. The fourth-order valence-electron chi connectivity index (χ4n) is 5.06. The number of anilines is 1. The summed E-state index contributed by atoms with van der Waals surface area (Å²) in [6.45, 7) is 9.52. The normalized spacial score (nSPS) is 31.2. The second kappa shape index (κ2) is 7.63. The minimum Gasteiger partial charge on any atom is -0.448 e. The third-order valence-electron chi connectivity index (χ3n) is 6.62. The molecule has 1 N–H and O–H groups in total. The van der Waals surface area contributed by atoms with E-state index >= 15 is 0 Å². The molecule has 7 nitrogen and oxygen atoms in total. The predicted octanol–water partition coefficient (Wildman–Crippen LogP) is 4.29. The summed E-state index contributed by atoms with van der Waals surface area (Å²) in [5, 5.41) is 39.2. The van der Waals surface area contributed by atoms with E-state index in [2.05, 4.69) is 37.0 Å². The highest BCUT2D eigenvalue weighted by atomic mass is 16.7. The summed E-state index contributed by atoms with van der Waals surface area (Å²) in [5.74, 6) is -2.18. The number of hydrogen-bond acceptors (Lipinski definition) is 7. The summed E-state index contributed by atoms with van der Waals surface area (Å²) >= 11 is 0. The fourth-order valence-corrected chi connectivity index (χ4v) is 5.06. The zero-order chi connectivity index (χ0) is 22.2. The Hall–Kier alpha value is -3.08. The lowest BCUT2D eigenvalue weighted by atomic mass is 9.53. The van der Waals surface area contributed by atoms with Crippen LogP contribution in [0.25, 0.3) is 0 Å². The molecule has 4 unspecified atom stereocenters. The number of nitrogens with zero attached hydrogens (tertiary/aromatic N) is 4. The molecule has 2 aliphatic rings. The Bertz CT molecular complexity index is 936. The summed E-state index contributed by atoms with van der Waals surface area (Å²) < 4.78 is 12.1. The molecule has 3 rings (SSSR count). The Balaban J connectivity index is 2.18. The second-order valence-electron chi connectivity index (χ2n) is 8.00. The van der Waals surface area contributed by atoms with Crippen molar-refractivity contribution in [1.29, 1.82) is 21.2 Å². The van der Waals surface area contributed by atoms with Gasteiger partial charge in [-0.3, -0.25) is 5.41 Å². The molecule has 4 atom stereocenters. The molecule has 1 aromatic carbocycles. The van der Waals surface area contributed by atoms with Crippen LogP contribution in [-0.2, 0) is 9.47 Å². The number of ether oxygens (including phenoxy) is 2. The van der Waals surface area contributed by atoms with E-state index in [1.807, 2.05) is 31.2 Å². The van der Waals surface area contributed by atoms with Crippen LogP contribution in [-0.4, -0.2) is 24.8 Å². The van der Waals surface area contributed by atoms with Gasteiger partial charge in [0.2, 0.25) is 17.1 Å². The quantitative estimate of drug-likeness (QED) is 0.754. The standard InChI is InChI=1S/C23H27N5O2/c1-5-8-18-21(4)29-19(16-9-11-17(12-10-16)28(6-2)7-3)22(13-24,14-25)23(18,15-26)20(27)30-21/h9-12,18-19,27H,5-8H2,1-4H3. The van der Waals surface area contributed by atoms with E-state index in [1.54, 1.807) is 6.92 Å². The van der Waals surface area contributed by atoms with Crippen LogP contribution < -0.4 is 4.90 Å². The van der Waals surface area contributed by atoms with Gasteiger partial charge in [-0.05, 0) is 38.0 Å². The van der Waals surface area contributed by atoms with Gasteiger partial charge < -0.3 is 14.4 Å². The summed E-state index contributed by atoms with van der Waals surface area (Å²) in [4.78, 5) is 2.19. The maximum Gasteiger partial charge on any atom is 0.214 e. The highest BCUT2D eigenvalue weighted by Crippen LogP contribution is 2.67. The van der Waals surface area contributed by atoms with Crippen LogP contribution in [0.3, 0.4) is 0 Å². The molecular formula is C23H27N5O2. The van der Waals surface area contributed by atoms with Crippen LogP contribution in [0.5, 0.6) is 0 Å². The van der Waals surface area contributed by atoms with E-state index in [0.717, 1.165) is 18.8 Å². The summed E-state index contributed by atoms with van der Waals surface area (Å²) in [7, 11) is 0. The first kappa shape index (κ1) is 21.6. The van der Waals surface area contributed by atoms with Crippen molar-refractivity contribution < 1.29 is 9.47 Å². The molecule has 0 amide bonds. The molecule has 2 saturated heterocycles. The SMILES string of the molecule is CCCC1C2(C)OC(=N)C1(C#N)C(C#N)(C#N)C(c1ccc(N(CC)CC)cc1)O2. The minimum atomic E-state index is -1.90. The van der Waals surface area contributed by atoms with E-state index in [4.69, 9.17) is 14.9 Å². The van der Waals surface area contributed by atoms with Gasteiger partial charge in [0.15, 0.2) is 5.41 Å². The van der Waals surface area contributed by atoms with Gasteiger partial charge >= 0.3 is 0 Å². The van der Waals surface area contributed by atoms with Crippen LogP contribution in [0.15, 0.2) is 24.3 Å². The molecule has 0 aliphatic carbocycles. The van der Waals surface area contributed by atoms with E-state index in [9.17, 15) is 15.8 Å². The van der Waals surface area contributed by atoms with Crippen molar-refractivity contribution in [2.24, 2.45) is 16.7 Å². The van der Waals surface area contributed by atoms with Gasteiger partial charge in [0.25, 0.3) is 0 Å². The lowest BCUT2D eigenvalue weighted by Crippen LogP contribution is -2.58. The largest absolute Gasteiger partial charge is 0.448 e. The number of hydrogen-bond donors (Lipinski definition) is 1. The molecule has 2 bridgehead atoms. The second-order valence-corrected chi connectivity index (χ2v) is 8.00. The van der Waals surface area contributed by atoms with E-state index in [-0.39, 0.29) is 5.90 Å². The Morgan fingerprint density at radius 1 is 1.03 bits per heavy atom. The molecule has 2 heterocycles. The summed E-state index contributed by atoms with van der Waals surface area (Å²) in [6, 6.07) is 13.9. The third-order valence-corrected chi connectivity index (χ3v) is 6.62. The molecule has 0 spiro atoms. The van der Waals surface area contributed by atoms with Gasteiger partial charge in [0.05, 0.1) is 24.1 Å². The molecule has 7 heteroatoms. The van der Waals surface area contributed by atoms with E-state index in [0.29, 0.717) is 18.4 Å². The average Bonchev–Trinajstić information content (AvgIpc) is 2.92. The van der Waals surface area contributed by atoms with Gasteiger partial charge in [-0.15, -0.1) is 0 Å². The van der Waals surface area contributed by atoms with Gasteiger partial charge in [-0.2, -0.15) is 15.8 Å². The maximum absolute atomic E-state index is 10.3. The van der Waals surface area contributed by atoms with E-state index < -0.39 is 28.6 Å². The zero-order valence-corrected chi connectivity index (χ0v) is 17.9. The maximum atomic E-state index is 10.3. The highest BCUT2D eigenvalue weighted by molar-refractivity contribution is 5.89. The Morgan fingerprint density at radius 3 is 2.10 bits per heavy atom. The lowest BCUT2D eigenvalue weighted by molar-refractivity contribution is -0.273. The first-order chi connectivity index (χ1) is 14.3. The van der Waals surface area contributed by atoms with Crippen molar-refractivity contribution in [3.63, 3.8) is 0 Å². The Morgan fingerprint density at radius 2 is 1.63 bits per heavy atom. The smallest absolute Gasteiger partial charge is 0.214 e. The zero-order valence-electron chi connectivity index (χ0n) is 17.9. The van der Waals surface area contributed by atoms with Crippen LogP contribution >= 0.6 is 0 Å². The van der Waals surface area contributed by atoms with Crippen molar-refractivity contribution >= 4 is 11.6 Å². The lowest BCUT2D eigenvalue weighted by Gasteiger charge is -2.48. The van der Waals surface area contributed by atoms with E-state index in [1.165, 1.54) is 0 Å². The number of nitriles is 3. The monoisotopic (exact) mass is 405 g/mol. The molecular weight excluding hydrogens is 378 g/mol. The van der Waals surface area contributed by atoms with Crippen LogP contribution in [0, 0.1) is 56.2 Å². The topological polar surface area (TPSA) is 117 Å². The average molecular weight is 406 g/mol. The predicted molar refractivity (Wildman–Crippen MR) is 111 cm³/mol. The third kappa shape index (κ3) is 2.61. The number of fused-ring (bicyclic) bond motifs is 2. The van der Waals surface area contributed by atoms with Crippen LogP contribution in [0.4, 0.5) is 5.69 Å². The molecule has 0 aromatic heterocycles. The number of rotatable bonds is 6. The van der Waals surface area contributed by atoms with Crippen molar-refractivity contribution in [3.05, 3.63) is 29.8 Å². The van der Waals surface area contributed by atoms with Gasteiger partial charge in [-0.1, -0.05) is 25.5 Å². The van der Waals surface area contributed by atoms with Crippen LogP contribution in [0.2, 0.25) is 0 Å². The molecule has 156 valence electrons.